The lowest BCUT2D eigenvalue weighted by molar-refractivity contribution is -0.903. The number of rotatable bonds is 8. The van der Waals surface area contributed by atoms with Gasteiger partial charge in [-0.3, -0.25) is 4.90 Å². The number of aromatic amines is 1. The minimum atomic E-state index is -4.61. The third-order valence-corrected chi connectivity index (χ3v) is 7.26. The summed E-state index contributed by atoms with van der Waals surface area (Å²) < 4.78 is 47.7. The molecule has 0 spiro atoms. The number of H-pyrrole nitrogens is 1. The van der Waals surface area contributed by atoms with Crippen LogP contribution in [0.25, 0.3) is 0 Å². The first-order valence-corrected chi connectivity index (χ1v) is 13.6. The lowest BCUT2D eigenvalue weighted by Gasteiger charge is -2.37. The van der Waals surface area contributed by atoms with E-state index in [0.717, 1.165) is 37.1 Å². The molecule has 0 aliphatic carbocycles. The number of aromatic nitrogens is 3. The van der Waals surface area contributed by atoms with Gasteiger partial charge in [-0.2, -0.15) is 18.4 Å². The van der Waals surface area contributed by atoms with E-state index in [-0.39, 0.29) is 22.9 Å². The summed E-state index contributed by atoms with van der Waals surface area (Å²) in [5.41, 5.74) is 0.571. The summed E-state index contributed by atoms with van der Waals surface area (Å²) in [6, 6.07) is 10.8. The standard InChI is InChI=1S/C29H31F3N6O3.CH2O2/c1-6-7-13-38(3,4)17-20-14-19(16-33)11-12-23(20)25-24(26(39)41-5)18(2)36(27-34-35-28(40)37(25)27)22-10-8-9-21(15-22)29(30,31)32;2-1-3/h8-12,14-15,25H,6-7,13,17H2,1-5H3;1H,(H,2,3). The molecule has 2 aromatic carbocycles. The van der Waals surface area contributed by atoms with Gasteiger partial charge < -0.3 is 19.1 Å². The molecule has 1 N–H and O–H groups in total. The predicted molar refractivity (Wildman–Crippen MR) is 152 cm³/mol. The topological polar surface area (TPSA) is 144 Å². The number of nitrogens with one attached hydrogen (secondary N) is 1. The molecule has 0 bridgehead atoms. The van der Waals surface area contributed by atoms with Crippen LogP contribution >= 0.6 is 0 Å². The van der Waals surface area contributed by atoms with Gasteiger partial charge in [0.2, 0.25) is 5.95 Å². The fourth-order valence-corrected chi connectivity index (χ4v) is 5.28. The van der Waals surface area contributed by atoms with Crippen molar-refractivity contribution in [3.05, 3.63) is 86.5 Å². The molecule has 1 aromatic heterocycles. The first-order valence-electron chi connectivity index (χ1n) is 13.6. The number of carbonyl (C=O) groups excluding carboxylic acids is 2. The van der Waals surface area contributed by atoms with Crippen molar-refractivity contribution in [3.8, 4) is 6.07 Å². The number of quaternary nitrogens is 1. The van der Waals surface area contributed by atoms with Crippen molar-refractivity contribution in [2.24, 2.45) is 0 Å². The van der Waals surface area contributed by atoms with Gasteiger partial charge in [-0.25, -0.2) is 19.3 Å². The lowest BCUT2D eigenvalue weighted by atomic mass is 9.89. The van der Waals surface area contributed by atoms with Crippen LogP contribution in [-0.2, 0) is 27.0 Å². The van der Waals surface area contributed by atoms with Crippen LogP contribution < -0.4 is 15.7 Å². The molecular formula is C30H33F3N6O5. The number of esters is 1. The van der Waals surface area contributed by atoms with Gasteiger partial charge in [-0.15, -0.1) is 5.10 Å². The number of anilines is 2. The van der Waals surface area contributed by atoms with Gasteiger partial charge >= 0.3 is 17.8 Å². The maximum absolute atomic E-state index is 13.6. The molecular weight excluding hydrogens is 581 g/mol. The summed E-state index contributed by atoms with van der Waals surface area (Å²) in [6.45, 7) is 4.53. The average molecular weight is 615 g/mol. The van der Waals surface area contributed by atoms with E-state index in [1.54, 1.807) is 25.1 Å². The molecule has 4 rings (SSSR count). The molecule has 1 atom stereocenters. The molecule has 11 nitrogen and oxygen atoms in total. The van der Waals surface area contributed by atoms with E-state index in [1.165, 1.54) is 28.7 Å². The smallest absolute Gasteiger partial charge is 0.416 e. The number of fused-ring (bicyclic) bond motifs is 1. The number of benzene rings is 2. The Bertz CT molecular complexity index is 1650. The van der Waals surface area contributed by atoms with Gasteiger partial charge in [0.1, 0.15) is 12.6 Å². The zero-order chi connectivity index (χ0) is 32.8. The number of alkyl halides is 3. The minimum Gasteiger partial charge on any atom is -0.554 e. The van der Waals surface area contributed by atoms with Crippen molar-refractivity contribution in [1.29, 1.82) is 5.26 Å². The predicted octanol–water partition coefficient (Wildman–Crippen LogP) is 3.39. The Morgan fingerprint density at radius 2 is 1.93 bits per heavy atom. The Kier molecular flexibility index (Phi) is 10.4. The molecule has 0 saturated carbocycles. The molecule has 14 heteroatoms. The lowest BCUT2D eigenvalue weighted by Crippen LogP contribution is -2.41. The number of ether oxygens (including phenoxy) is 1. The zero-order valence-corrected chi connectivity index (χ0v) is 24.9. The number of hydrogen-bond donors (Lipinski definition) is 1. The third kappa shape index (κ3) is 7.00. The Hall–Kier alpha value is -4.90. The molecule has 44 heavy (non-hydrogen) atoms. The highest BCUT2D eigenvalue weighted by molar-refractivity contribution is 5.93. The number of nitriles is 1. The SMILES string of the molecule is CCCC[N+](C)(C)Cc1cc(C#N)ccc1C1C(C(=O)OC)=C(C)N(c2cccc(C(F)(F)F)c2)c2n[nH]c(=O)n21.O=C[O-]. The van der Waals surface area contributed by atoms with Crippen LogP contribution in [0.2, 0.25) is 0 Å². The molecule has 0 saturated heterocycles. The fourth-order valence-electron chi connectivity index (χ4n) is 5.28. The van der Waals surface area contributed by atoms with E-state index in [9.17, 15) is 28.0 Å². The van der Waals surface area contributed by atoms with Crippen molar-refractivity contribution in [2.75, 3.05) is 32.6 Å². The van der Waals surface area contributed by atoms with Crippen molar-refractivity contribution in [2.45, 2.75) is 45.5 Å². The second kappa shape index (κ2) is 13.6. The van der Waals surface area contributed by atoms with E-state index >= 15 is 0 Å². The summed E-state index contributed by atoms with van der Waals surface area (Å²) in [5.74, 6) is -0.738. The number of unbranched alkanes of at least 4 members (excludes halogenated alkanes) is 1. The number of carbonyl (C=O) groups is 2. The van der Waals surface area contributed by atoms with Gasteiger partial charge in [0.05, 0.1) is 50.5 Å². The molecule has 0 fully saturated rings. The highest BCUT2D eigenvalue weighted by Crippen LogP contribution is 2.43. The van der Waals surface area contributed by atoms with E-state index in [2.05, 4.69) is 37.3 Å². The maximum Gasteiger partial charge on any atom is 0.416 e. The molecule has 1 aliphatic rings. The molecule has 234 valence electrons. The Morgan fingerprint density at radius 1 is 1.25 bits per heavy atom. The van der Waals surface area contributed by atoms with Crippen LogP contribution in [0.15, 0.2) is 58.5 Å². The largest absolute Gasteiger partial charge is 0.554 e. The summed E-state index contributed by atoms with van der Waals surface area (Å²) in [4.78, 5) is 36.2. The summed E-state index contributed by atoms with van der Waals surface area (Å²) in [6.07, 6.45) is -2.63. The normalized spacial score (nSPS) is 14.7. The Balaban J connectivity index is 0.00000169. The number of carboxylic acid groups (broad SMARTS) is 1. The molecule has 0 amide bonds. The number of methoxy groups -OCH3 is 1. The van der Waals surface area contributed by atoms with E-state index in [1.807, 2.05) is 0 Å². The van der Waals surface area contributed by atoms with Gasteiger partial charge in [-0.05, 0) is 49.2 Å². The first kappa shape index (κ1) is 33.6. The Morgan fingerprint density at radius 3 is 2.52 bits per heavy atom. The van der Waals surface area contributed by atoms with Crippen molar-refractivity contribution in [3.63, 3.8) is 0 Å². The fraction of sp³-hybridized carbons (Fsp3) is 0.367. The van der Waals surface area contributed by atoms with Gasteiger partial charge in [0.15, 0.2) is 0 Å². The van der Waals surface area contributed by atoms with Gasteiger partial charge in [0, 0.05) is 23.4 Å². The highest BCUT2D eigenvalue weighted by Gasteiger charge is 2.41. The number of allylic oxidation sites excluding steroid dienone is 1. The summed E-state index contributed by atoms with van der Waals surface area (Å²) >= 11 is 0. The second-order valence-electron chi connectivity index (χ2n) is 10.8. The molecule has 1 aliphatic heterocycles. The average Bonchev–Trinajstić information content (AvgIpc) is 3.35. The highest BCUT2D eigenvalue weighted by atomic mass is 19.4. The molecule has 0 radical (unpaired) electrons. The van der Waals surface area contributed by atoms with Crippen LogP contribution in [-0.4, -0.2) is 59.4 Å². The van der Waals surface area contributed by atoms with Crippen molar-refractivity contribution >= 4 is 24.1 Å². The van der Waals surface area contributed by atoms with Crippen molar-refractivity contribution < 1.29 is 37.1 Å². The van der Waals surface area contributed by atoms with Crippen LogP contribution in [0, 0.1) is 11.3 Å². The van der Waals surface area contributed by atoms with Crippen molar-refractivity contribution in [1.82, 2.24) is 14.8 Å². The first-order chi connectivity index (χ1) is 20.7. The monoisotopic (exact) mass is 614 g/mol. The van der Waals surface area contributed by atoms with Gasteiger partial charge in [-0.1, -0.05) is 25.5 Å². The number of halogens is 3. The molecule has 3 aromatic rings. The van der Waals surface area contributed by atoms with Crippen LogP contribution in [0.4, 0.5) is 24.8 Å². The quantitative estimate of drug-likeness (QED) is 0.231. The van der Waals surface area contributed by atoms with Crippen LogP contribution in [0.1, 0.15) is 55.0 Å². The molecule has 1 unspecified atom stereocenters. The zero-order valence-electron chi connectivity index (χ0n) is 24.9. The summed E-state index contributed by atoms with van der Waals surface area (Å²) in [5, 5.41) is 24.4. The van der Waals surface area contributed by atoms with E-state index < -0.39 is 35.9 Å². The number of nitrogens with zero attached hydrogens (tertiary/aromatic N) is 5. The molecule has 2 heterocycles. The maximum atomic E-state index is 13.6. The van der Waals surface area contributed by atoms with Crippen LogP contribution in [0.3, 0.4) is 0 Å². The number of hydrogen-bond acceptors (Lipinski definition) is 8. The minimum absolute atomic E-state index is 0.0134. The van der Waals surface area contributed by atoms with E-state index in [4.69, 9.17) is 14.6 Å². The second-order valence-corrected chi connectivity index (χ2v) is 10.8. The van der Waals surface area contributed by atoms with E-state index in [0.29, 0.717) is 22.2 Å². The van der Waals surface area contributed by atoms with Gasteiger partial charge in [0.25, 0.3) is 0 Å². The Labute approximate surface area is 252 Å². The third-order valence-electron chi connectivity index (χ3n) is 7.26. The van der Waals surface area contributed by atoms with Crippen LogP contribution in [0.5, 0.6) is 0 Å². The summed E-state index contributed by atoms with van der Waals surface area (Å²) in [7, 11) is 5.32.